The number of rotatable bonds is 3. The minimum absolute atomic E-state index is 0.164. The quantitative estimate of drug-likeness (QED) is 0.624. The highest BCUT2D eigenvalue weighted by Gasteiger charge is 2.31. The number of carbonyl (C=O) groups excluding carboxylic acids is 1. The number of hydrogen-bond acceptors (Lipinski definition) is 5. The molecule has 3 aromatic rings. The van der Waals surface area contributed by atoms with Gasteiger partial charge in [-0.15, -0.1) is 5.10 Å². The van der Waals surface area contributed by atoms with Gasteiger partial charge in [0.2, 0.25) is 0 Å². The summed E-state index contributed by atoms with van der Waals surface area (Å²) in [5, 5.41) is 9.02. The van der Waals surface area contributed by atoms with Gasteiger partial charge in [0.15, 0.2) is 5.69 Å². The van der Waals surface area contributed by atoms with Crippen LogP contribution in [0, 0.1) is 5.82 Å². The van der Waals surface area contributed by atoms with Gasteiger partial charge < -0.3 is 14.5 Å². The smallest absolute Gasteiger partial charge is 0.276 e. The van der Waals surface area contributed by atoms with Crippen molar-refractivity contribution in [3.05, 3.63) is 76.3 Å². The molecule has 1 saturated heterocycles. The van der Waals surface area contributed by atoms with Gasteiger partial charge in [-0.1, -0.05) is 41.1 Å². The molecule has 0 spiro atoms. The average molecular weight is 442 g/mol. The Kier molecular flexibility index (Phi) is 5.33. The summed E-state index contributed by atoms with van der Waals surface area (Å²) in [4.78, 5) is 16.8. The van der Waals surface area contributed by atoms with Crippen molar-refractivity contribution < 1.29 is 13.9 Å². The second-order valence-electron chi connectivity index (χ2n) is 7.65. The highest BCUT2D eigenvalue weighted by Crippen LogP contribution is 2.28. The molecule has 0 radical (unpaired) electrons. The van der Waals surface area contributed by atoms with Gasteiger partial charge >= 0.3 is 0 Å². The minimum Gasteiger partial charge on any atom is -0.366 e. The first-order chi connectivity index (χ1) is 15.1. The number of piperazine rings is 1. The van der Waals surface area contributed by atoms with Crippen molar-refractivity contribution in [2.75, 3.05) is 31.1 Å². The molecule has 31 heavy (non-hydrogen) atoms. The standard InChI is InChI=1S/C22H21ClFN5O2/c23-16-7-5-15(6-8-16)20-13-29-19(14-31-20)21(25-26-29)22(30)28-11-9-27(10-12-28)18-4-2-1-3-17(18)24/h1-8,20H,9-14H2/t20-/m1/s1. The fraction of sp³-hybridized carbons (Fsp3) is 0.318. The van der Waals surface area contributed by atoms with E-state index in [-0.39, 0.29) is 24.4 Å². The predicted octanol–water partition coefficient (Wildman–Crippen LogP) is 3.30. The van der Waals surface area contributed by atoms with Crippen LogP contribution in [-0.2, 0) is 17.9 Å². The Bertz CT molecular complexity index is 1100. The zero-order chi connectivity index (χ0) is 21.4. The van der Waals surface area contributed by atoms with Crippen LogP contribution in [0.25, 0.3) is 0 Å². The number of para-hydroxylation sites is 1. The largest absolute Gasteiger partial charge is 0.366 e. The van der Waals surface area contributed by atoms with E-state index in [0.29, 0.717) is 54.8 Å². The molecule has 1 fully saturated rings. The van der Waals surface area contributed by atoms with Crippen LogP contribution in [0.3, 0.4) is 0 Å². The Hall–Kier alpha value is -2.97. The normalized spacial score (nSPS) is 18.7. The molecule has 7 nitrogen and oxygen atoms in total. The molecule has 160 valence electrons. The third-order valence-electron chi connectivity index (χ3n) is 5.80. The molecule has 0 unspecified atom stereocenters. The fourth-order valence-corrected chi connectivity index (χ4v) is 4.19. The van der Waals surface area contributed by atoms with E-state index >= 15 is 0 Å². The van der Waals surface area contributed by atoms with E-state index in [0.717, 1.165) is 5.56 Å². The van der Waals surface area contributed by atoms with Crippen LogP contribution < -0.4 is 4.90 Å². The molecule has 1 atom stereocenters. The van der Waals surface area contributed by atoms with E-state index in [9.17, 15) is 9.18 Å². The van der Waals surface area contributed by atoms with Gasteiger partial charge in [0.1, 0.15) is 11.9 Å². The summed E-state index contributed by atoms with van der Waals surface area (Å²) in [6.45, 7) is 2.85. The Morgan fingerprint density at radius 3 is 2.55 bits per heavy atom. The number of aromatic nitrogens is 3. The van der Waals surface area contributed by atoms with Crippen molar-refractivity contribution in [2.45, 2.75) is 19.3 Å². The van der Waals surface area contributed by atoms with E-state index < -0.39 is 0 Å². The molecule has 0 bridgehead atoms. The Morgan fingerprint density at radius 1 is 1.06 bits per heavy atom. The van der Waals surface area contributed by atoms with E-state index in [4.69, 9.17) is 16.3 Å². The number of anilines is 1. The first kappa shape index (κ1) is 20.0. The minimum atomic E-state index is -0.248. The van der Waals surface area contributed by atoms with Crippen LogP contribution in [0.2, 0.25) is 5.02 Å². The molecule has 2 aliphatic heterocycles. The molecule has 1 aromatic heterocycles. The molecule has 5 rings (SSSR count). The number of carbonyl (C=O) groups is 1. The molecule has 0 aliphatic carbocycles. The summed E-state index contributed by atoms with van der Waals surface area (Å²) >= 11 is 5.96. The van der Waals surface area contributed by atoms with Gasteiger partial charge in [-0.25, -0.2) is 9.07 Å². The van der Waals surface area contributed by atoms with Gasteiger partial charge in [0.25, 0.3) is 5.91 Å². The van der Waals surface area contributed by atoms with Crippen molar-refractivity contribution >= 4 is 23.2 Å². The van der Waals surface area contributed by atoms with Crippen molar-refractivity contribution in [3.8, 4) is 0 Å². The van der Waals surface area contributed by atoms with Crippen molar-refractivity contribution in [1.29, 1.82) is 0 Å². The SMILES string of the molecule is O=C(c1nnn2c1CO[C@@H](c1ccc(Cl)cc1)C2)N1CCN(c2ccccc2F)CC1. The number of fused-ring (bicyclic) bond motifs is 1. The number of amides is 1. The van der Waals surface area contributed by atoms with Gasteiger partial charge in [-0.3, -0.25) is 4.79 Å². The molecular weight excluding hydrogens is 421 g/mol. The lowest BCUT2D eigenvalue weighted by molar-refractivity contribution is -0.00196. The second kappa shape index (κ2) is 8.28. The maximum absolute atomic E-state index is 14.1. The Labute approximate surface area is 184 Å². The third kappa shape index (κ3) is 3.88. The maximum atomic E-state index is 14.1. The van der Waals surface area contributed by atoms with E-state index in [1.165, 1.54) is 6.07 Å². The number of nitrogens with zero attached hydrogens (tertiary/aromatic N) is 5. The maximum Gasteiger partial charge on any atom is 0.276 e. The topological polar surface area (TPSA) is 63.5 Å². The van der Waals surface area contributed by atoms with Crippen molar-refractivity contribution in [3.63, 3.8) is 0 Å². The zero-order valence-corrected chi connectivity index (χ0v) is 17.5. The first-order valence-corrected chi connectivity index (χ1v) is 10.6. The lowest BCUT2D eigenvalue weighted by Gasteiger charge is -2.36. The lowest BCUT2D eigenvalue weighted by Crippen LogP contribution is -2.49. The summed E-state index contributed by atoms with van der Waals surface area (Å²) in [5.41, 5.74) is 2.58. The van der Waals surface area contributed by atoms with Gasteiger partial charge in [0.05, 0.1) is 24.5 Å². The molecule has 1 amide bonds. The number of ether oxygens (including phenoxy) is 1. The van der Waals surface area contributed by atoms with Crippen LogP contribution in [0.5, 0.6) is 0 Å². The van der Waals surface area contributed by atoms with E-state index in [2.05, 4.69) is 10.3 Å². The zero-order valence-electron chi connectivity index (χ0n) is 16.7. The van der Waals surface area contributed by atoms with Gasteiger partial charge in [-0.05, 0) is 29.8 Å². The third-order valence-corrected chi connectivity index (χ3v) is 6.05. The van der Waals surface area contributed by atoms with Crippen LogP contribution in [0.15, 0.2) is 48.5 Å². The summed E-state index contributed by atoms with van der Waals surface area (Å²) in [7, 11) is 0. The molecule has 0 N–H and O–H groups in total. The average Bonchev–Trinajstić information content (AvgIpc) is 3.23. The summed E-state index contributed by atoms with van der Waals surface area (Å²) in [6, 6.07) is 14.2. The van der Waals surface area contributed by atoms with E-state index in [1.807, 2.05) is 35.2 Å². The number of halogens is 2. The second-order valence-corrected chi connectivity index (χ2v) is 8.09. The predicted molar refractivity (Wildman–Crippen MR) is 114 cm³/mol. The summed E-state index contributed by atoms with van der Waals surface area (Å²) in [5.74, 6) is -0.412. The van der Waals surface area contributed by atoms with Crippen LogP contribution >= 0.6 is 11.6 Å². The van der Waals surface area contributed by atoms with Crippen LogP contribution in [0.4, 0.5) is 10.1 Å². The lowest BCUT2D eigenvalue weighted by atomic mass is 10.1. The summed E-state index contributed by atoms with van der Waals surface area (Å²) < 4.78 is 21.8. The van der Waals surface area contributed by atoms with Crippen molar-refractivity contribution in [1.82, 2.24) is 19.9 Å². The molecule has 2 aliphatic rings. The van der Waals surface area contributed by atoms with E-state index in [1.54, 1.807) is 21.7 Å². The number of benzene rings is 2. The highest BCUT2D eigenvalue weighted by molar-refractivity contribution is 6.30. The molecule has 0 saturated carbocycles. The number of hydrogen-bond donors (Lipinski definition) is 0. The molecular formula is C22H21ClFN5O2. The van der Waals surface area contributed by atoms with Gasteiger partial charge in [-0.2, -0.15) is 0 Å². The fourth-order valence-electron chi connectivity index (χ4n) is 4.07. The van der Waals surface area contributed by atoms with Gasteiger partial charge in [0, 0.05) is 31.2 Å². The molecule has 9 heteroatoms. The Balaban J connectivity index is 1.26. The Morgan fingerprint density at radius 2 is 1.81 bits per heavy atom. The monoisotopic (exact) mass is 441 g/mol. The first-order valence-electron chi connectivity index (χ1n) is 10.2. The van der Waals surface area contributed by atoms with Crippen LogP contribution in [-0.4, -0.2) is 52.0 Å². The highest BCUT2D eigenvalue weighted by atomic mass is 35.5. The molecule has 2 aromatic carbocycles. The van der Waals surface area contributed by atoms with Crippen LogP contribution in [0.1, 0.15) is 27.8 Å². The molecule has 3 heterocycles. The summed E-state index contributed by atoms with van der Waals surface area (Å²) in [6.07, 6.45) is -0.168. The van der Waals surface area contributed by atoms with Crippen molar-refractivity contribution in [2.24, 2.45) is 0 Å².